The minimum atomic E-state index is -0.575. The fourth-order valence-corrected chi connectivity index (χ4v) is 2.96. The maximum Gasteiger partial charge on any atom is 0.282 e. The summed E-state index contributed by atoms with van der Waals surface area (Å²) in [5, 5.41) is 32.1. The number of para-hydroxylation sites is 1. The molecule has 0 aliphatic rings. The third kappa shape index (κ3) is 4.70. The summed E-state index contributed by atoms with van der Waals surface area (Å²) in [6, 6.07) is 9.71. The number of nitrogens with one attached hydrogen (secondary N) is 1. The molecule has 2 aromatic carbocycles. The molecule has 0 atom stereocenters. The van der Waals surface area contributed by atoms with Crippen LogP contribution in [-0.2, 0) is 4.79 Å². The number of rotatable bonds is 8. The fourth-order valence-electron chi connectivity index (χ4n) is 2.40. The van der Waals surface area contributed by atoms with Gasteiger partial charge in [0.2, 0.25) is 5.91 Å². The molecule has 13 heteroatoms. The molecule has 0 bridgehead atoms. The number of methoxy groups -OCH3 is 1. The SMILES string of the molecule is COc1cc([N+](=O)[O-])ccc1NC(=O)CSc1nnc(-c2ccccc2[N+](=O)[O-])o1. The van der Waals surface area contributed by atoms with Crippen molar-refractivity contribution < 1.29 is 23.8 Å². The Morgan fingerprint density at radius 2 is 1.93 bits per heavy atom. The number of non-ortho nitro benzene ring substituents is 1. The molecule has 0 aliphatic heterocycles. The third-order valence-electron chi connectivity index (χ3n) is 3.73. The highest BCUT2D eigenvalue weighted by Crippen LogP contribution is 2.31. The normalized spacial score (nSPS) is 10.4. The molecule has 12 nitrogen and oxygen atoms in total. The van der Waals surface area contributed by atoms with Crippen molar-refractivity contribution in [3.8, 4) is 17.2 Å². The van der Waals surface area contributed by atoms with Crippen LogP contribution in [0.2, 0.25) is 0 Å². The van der Waals surface area contributed by atoms with Gasteiger partial charge in [-0.05, 0) is 12.1 Å². The monoisotopic (exact) mass is 431 g/mol. The van der Waals surface area contributed by atoms with Gasteiger partial charge in [-0.2, -0.15) is 0 Å². The van der Waals surface area contributed by atoms with Gasteiger partial charge >= 0.3 is 0 Å². The van der Waals surface area contributed by atoms with Gasteiger partial charge in [0.25, 0.3) is 22.5 Å². The van der Waals surface area contributed by atoms with Crippen LogP contribution in [0.1, 0.15) is 0 Å². The highest BCUT2D eigenvalue weighted by atomic mass is 32.2. The zero-order valence-electron chi connectivity index (χ0n) is 15.3. The van der Waals surface area contributed by atoms with E-state index >= 15 is 0 Å². The van der Waals surface area contributed by atoms with Crippen LogP contribution in [-0.4, -0.2) is 38.8 Å². The van der Waals surface area contributed by atoms with Crippen LogP contribution in [0.3, 0.4) is 0 Å². The van der Waals surface area contributed by atoms with Gasteiger partial charge in [-0.25, -0.2) is 0 Å². The van der Waals surface area contributed by atoms with Crippen molar-refractivity contribution in [2.75, 3.05) is 18.2 Å². The lowest BCUT2D eigenvalue weighted by Crippen LogP contribution is -2.14. The van der Waals surface area contributed by atoms with E-state index < -0.39 is 15.8 Å². The van der Waals surface area contributed by atoms with Gasteiger partial charge in [0.05, 0.1) is 34.5 Å². The quantitative estimate of drug-likeness (QED) is 0.318. The second-order valence-electron chi connectivity index (χ2n) is 5.63. The number of ether oxygens (including phenoxy) is 1. The van der Waals surface area contributed by atoms with E-state index in [1.807, 2.05) is 0 Å². The molecule has 0 unspecified atom stereocenters. The van der Waals surface area contributed by atoms with Crippen LogP contribution in [0.15, 0.2) is 52.1 Å². The number of anilines is 1. The van der Waals surface area contributed by atoms with E-state index in [1.54, 1.807) is 6.07 Å². The van der Waals surface area contributed by atoms with Crippen molar-refractivity contribution in [1.82, 2.24) is 10.2 Å². The number of carbonyl (C=O) groups is 1. The fraction of sp³-hybridized carbons (Fsp3) is 0.118. The van der Waals surface area contributed by atoms with Crippen LogP contribution in [0, 0.1) is 20.2 Å². The standard InChI is InChI=1S/C17H13N5O7S/c1-28-14-8-10(21(24)25)6-7-12(14)18-15(23)9-30-17-20-19-16(29-17)11-4-2-3-5-13(11)22(26)27/h2-8H,9H2,1H3,(H,18,23). The predicted molar refractivity (Wildman–Crippen MR) is 105 cm³/mol. The van der Waals surface area contributed by atoms with E-state index in [1.165, 1.54) is 43.5 Å². The first kappa shape index (κ1) is 20.7. The van der Waals surface area contributed by atoms with Crippen molar-refractivity contribution >= 4 is 34.7 Å². The summed E-state index contributed by atoms with van der Waals surface area (Å²) < 4.78 is 10.5. The number of amides is 1. The summed E-state index contributed by atoms with van der Waals surface area (Å²) in [5.74, 6) is -0.461. The predicted octanol–water partition coefficient (Wildman–Crippen LogP) is 3.29. The second-order valence-corrected chi connectivity index (χ2v) is 6.55. The van der Waals surface area contributed by atoms with Gasteiger partial charge in [0.1, 0.15) is 11.3 Å². The second kappa shape index (κ2) is 9.00. The Hall–Kier alpha value is -4.00. The van der Waals surface area contributed by atoms with Gasteiger partial charge in [0.15, 0.2) is 0 Å². The molecule has 0 fully saturated rings. The summed E-state index contributed by atoms with van der Waals surface area (Å²) in [6.45, 7) is 0. The number of aromatic nitrogens is 2. The highest BCUT2D eigenvalue weighted by molar-refractivity contribution is 7.99. The summed E-state index contributed by atoms with van der Waals surface area (Å²) in [6.07, 6.45) is 0. The smallest absolute Gasteiger partial charge is 0.282 e. The summed E-state index contributed by atoms with van der Waals surface area (Å²) in [4.78, 5) is 33.0. The first-order chi connectivity index (χ1) is 14.4. The number of nitro groups is 2. The third-order valence-corrected chi connectivity index (χ3v) is 4.55. The van der Waals surface area contributed by atoms with Gasteiger partial charge in [-0.1, -0.05) is 23.9 Å². The summed E-state index contributed by atoms with van der Waals surface area (Å²) >= 11 is 0.928. The van der Waals surface area contributed by atoms with Crippen molar-refractivity contribution in [1.29, 1.82) is 0 Å². The zero-order valence-corrected chi connectivity index (χ0v) is 16.1. The topological polar surface area (TPSA) is 164 Å². The number of hydrogen-bond acceptors (Lipinski definition) is 10. The van der Waals surface area contributed by atoms with Crippen LogP contribution >= 0.6 is 11.8 Å². The Kier molecular flexibility index (Phi) is 6.22. The molecule has 1 aromatic heterocycles. The number of nitrogens with zero attached hydrogens (tertiary/aromatic N) is 4. The summed E-state index contributed by atoms with van der Waals surface area (Å²) in [5.41, 5.74) is 0.0788. The van der Waals surface area contributed by atoms with E-state index in [2.05, 4.69) is 15.5 Å². The molecule has 3 aromatic rings. The van der Waals surface area contributed by atoms with Crippen molar-refractivity contribution in [3.63, 3.8) is 0 Å². The van der Waals surface area contributed by atoms with E-state index in [0.29, 0.717) is 0 Å². The molecule has 3 rings (SSSR count). The van der Waals surface area contributed by atoms with Crippen molar-refractivity contribution in [3.05, 3.63) is 62.7 Å². The van der Waals surface area contributed by atoms with E-state index in [9.17, 15) is 25.0 Å². The molecule has 1 N–H and O–H groups in total. The van der Waals surface area contributed by atoms with Crippen LogP contribution in [0.25, 0.3) is 11.5 Å². The largest absolute Gasteiger partial charge is 0.494 e. The Morgan fingerprint density at radius 3 is 2.63 bits per heavy atom. The zero-order chi connectivity index (χ0) is 21.7. The molecule has 0 spiro atoms. The molecule has 0 saturated carbocycles. The van der Waals surface area contributed by atoms with Gasteiger partial charge in [0, 0.05) is 12.1 Å². The Bertz CT molecular complexity index is 1120. The lowest BCUT2D eigenvalue weighted by molar-refractivity contribution is -0.384. The summed E-state index contributed by atoms with van der Waals surface area (Å²) in [7, 11) is 1.33. The lowest BCUT2D eigenvalue weighted by atomic mass is 10.2. The number of hydrogen-bond donors (Lipinski definition) is 1. The molecule has 154 valence electrons. The number of benzene rings is 2. The number of thioether (sulfide) groups is 1. The van der Waals surface area contributed by atoms with Crippen molar-refractivity contribution in [2.45, 2.75) is 5.22 Å². The molecule has 0 aliphatic carbocycles. The minimum Gasteiger partial charge on any atom is -0.494 e. The van der Waals surface area contributed by atoms with E-state index in [0.717, 1.165) is 11.8 Å². The van der Waals surface area contributed by atoms with E-state index in [-0.39, 0.29) is 45.2 Å². The molecular weight excluding hydrogens is 418 g/mol. The average Bonchev–Trinajstić information content (AvgIpc) is 3.21. The maximum atomic E-state index is 12.2. The van der Waals surface area contributed by atoms with Gasteiger partial charge < -0.3 is 14.5 Å². The lowest BCUT2D eigenvalue weighted by Gasteiger charge is -2.09. The first-order valence-corrected chi connectivity index (χ1v) is 9.20. The molecule has 30 heavy (non-hydrogen) atoms. The Labute approximate surface area is 172 Å². The van der Waals surface area contributed by atoms with E-state index in [4.69, 9.17) is 9.15 Å². The minimum absolute atomic E-state index is 0.0396. The Morgan fingerprint density at radius 1 is 1.17 bits per heavy atom. The number of carbonyl (C=O) groups excluding carboxylic acids is 1. The molecular formula is C17H13N5O7S. The maximum absolute atomic E-state index is 12.2. The van der Waals surface area contributed by atoms with Gasteiger partial charge in [-0.15, -0.1) is 10.2 Å². The first-order valence-electron chi connectivity index (χ1n) is 8.21. The highest BCUT2D eigenvalue weighted by Gasteiger charge is 2.20. The molecule has 1 amide bonds. The van der Waals surface area contributed by atoms with Gasteiger partial charge in [-0.3, -0.25) is 25.0 Å². The number of nitro benzene ring substituents is 2. The molecule has 0 radical (unpaired) electrons. The molecule has 1 heterocycles. The van der Waals surface area contributed by atoms with Crippen LogP contribution < -0.4 is 10.1 Å². The Balaban J connectivity index is 1.65. The van der Waals surface area contributed by atoms with Crippen molar-refractivity contribution in [2.24, 2.45) is 0 Å². The molecule has 0 saturated heterocycles. The van der Waals surface area contributed by atoms with Crippen LogP contribution in [0.5, 0.6) is 5.75 Å². The van der Waals surface area contributed by atoms with Crippen LogP contribution in [0.4, 0.5) is 17.1 Å². The average molecular weight is 431 g/mol.